The van der Waals surface area contributed by atoms with Crippen LogP contribution in [0, 0.1) is 17.8 Å². The van der Waals surface area contributed by atoms with Crippen LogP contribution in [0.3, 0.4) is 0 Å². The molecule has 0 radical (unpaired) electrons. The number of hydrogen-bond acceptors (Lipinski definition) is 3. The molecule has 1 aromatic rings. The first-order valence-corrected chi connectivity index (χ1v) is 6.65. The standard InChI is InChI=1S/C15H19N3O/c1-12-6-10-18(11-7-12)15(19)14-13(4-2-8-16)5-3-9-17-14/h3,5,9,12H,6-8,10-11,16H2,1H3. The molecule has 4 nitrogen and oxygen atoms in total. The lowest BCUT2D eigenvalue weighted by Gasteiger charge is -2.30. The van der Waals surface area contributed by atoms with E-state index < -0.39 is 0 Å². The Morgan fingerprint density at radius 1 is 1.53 bits per heavy atom. The van der Waals surface area contributed by atoms with E-state index in [0.717, 1.165) is 25.9 Å². The Labute approximate surface area is 114 Å². The van der Waals surface area contributed by atoms with Crippen LogP contribution in [0.4, 0.5) is 0 Å². The number of nitrogens with zero attached hydrogens (tertiary/aromatic N) is 2. The van der Waals surface area contributed by atoms with Gasteiger partial charge in [0.2, 0.25) is 0 Å². The molecule has 0 saturated carbocycles. The smallest absolute Gasteiger partial charge is 0.273 e. The molecule has 0 atom stereocenters. The molecule has 2 rings (SSSR count). The summed E-state index contributed by atoms with van der Waals surface area (Å²) in [4.78, 5) is 18.5. The van der Waals surface area contributed by atoms with Gasteiger partial charge in [0.25, 0.3) is 5.91 Å². The molecule has 2 N–H and O–H groups in total. The highest BCUT2D eigenvalue weighted by molar-refractivity contribution is 5.94. The lowest BCUT2D eigenvalue weighted by molar-refractivity contribution is 0.0691. The summed E-state index contributed by atoms with van der Waals surface area (Å²) in [6.07, 6.45) is 3.75. The number of aromatic nitrogens is 1. The Hall–Kier alpha value is -1.86. The zero-order valence-electron chi connectivity index (χ0n) is 11.2. The normalized spacial score (nSPS) is 15.8. The predicted molar refractivity (Wildman–Crippen MR) is 74.5 cm³/mol. The average molecular weight is 257 g/mol. The summed E-state index contributed by atoms with van der Waals surface area (Å²) in [7, 11) is 0. The van der Waals surface area contributed by atoms with Crippen LogP contribution in [0.5, 0.6) is 0 Å². The van der Waals surface area contributed by atoms with Crippen molar-refractivity contribution in [2.24, 2.45) is 11.7 Å². The van der Waals surface area contributed by atoms with Crippen LogP contribution in [0.15, 0.2) is 18.3 Å². The summed E-state index contributed by atoms with van der Waals surface area (Å²) in [6.45, 7) is 4.12. The van der Waals surface area contributed by atoms with Gasteiger partial charge >= 0.3 is 0 Å². The average Bonchev–Trinajstić information content (AvgIpc) is 2.45. The zero-order valence-corrected chi connectivity index (χ0v) is 11.2. The minimum atomic E-state index is -0.0196. The highest BCUT2D eigenvalue weighted by Crippen LogP contribution is 2.18. The molecule has 4 heteroatoms. The first-order valence-electron chi connectivity index (χ1n) is 6.65. The van der Waals surface area contributed by atoms with Gasteiger partial charge < -0.3 is 10.6 Å². The van der Waals surface area contributed by atoms with Gasteiger partial charge in [-0.3, -0.25) is 4.79 Å². The first-order chi connectivity index (χ1) is 9.22. The van der Waals surface area contributed by atoms with Gasteiger partial charge in [0.05, 0.1) is 12.1 Å². The van der Waals surface area contributed by atoms with Crippen molar-refractivity contribution in [3.05, 3.63) is 29.6 Å². The number of amides is 1. The van der Waals surface area contributed by atoms with Crippen LogP contribution in [-0.4, -0.2) is 35.4 Å². The highest BCUT2D eigenvalue weighted by Gasteiger charge is 2.23. The Bertz CT molecular complexity index is 508. The van der Waals surface area contributed by atoms with E-state index >= 15 is 0 Å². The highest BCUT2D eigenvalue weighted by atomic mass is 16.2. The molecule has 1 saturated heterocycles. The largest absolute Gasteiger partial charge is 0.337 e. The van der Waals surface area contributed by atoms with Gasteiger partial charge in [-0.2, -0.15) is 0 Å². The quantitative estimate of drug-likeness (QED) is 0.771. The molecule has 0 unspecified atom stereocenters. The fourth-order valence-corrected chi connectivity index (χ4v) is 2.18. The van der Waals surface area contributed by atoms with Crippen LogP contribution in [0.2, 0.25) is 0 Å². The van der Waals surface area contributed by atoms with Crippen molar-refractivity contribution >= 4 is 5.91 Å². The van der Waals surface area contributed by atoms with Gasteiger partial charge in [0, 0.05) is 19.3 Å². The Balaban J connectivity index is 2.19. The molecule has 1 amide bonds. The van der Waals surface area contributed by atoms with E-state index in [2.05, 4.69) is 23.7 Å². The van der Waals surface area contributed by atoms with Crippen molar-refractivity contribution in [1.29, 1.82) is 0 Å². The Morgan fingerprint density at radius 2 is 2.26 bits per heavy atom. The lowest BCUT2D eigenvalue weighted by atomic mass is 9.99. The summed E-state index contributed by atoms with van der Waals surface area (Å²) in [5.41, 5.74) is 6.48. The number of piperidine rings is 1. The van der Waals surface area contributed by atoms with E-state index in [1.165, 1.54) is 0 Å². The van der Waals surface area contributed by atoms with Gasteiger partial charge in [-0.1, -0.05) is 18.8 Å². The maximum Gasteiger partial charge on any atom is 0.273 e. The number of carbonyl (C=O) groups excluding carboxylic acids is 1. The number of nitrogens with two attached hydrogens (primary N) is 1. The number of likely N-dealkylation sites (tertiary alicyclic amines) is 1. The second kappa shape index (κ2) is 6.35. The third-order valence-electron chi connectivity index (χ3n) is 3.41. The fraction of sp³-hybridized carbons (Fsp3) is 0.467. The molecule has 2 heterocycles. The van der Waals surface area contributed by atoms with Crippen molar-refractivity contribution in [1.82, 2.24) is 9.88 Å². The van der Waals surface area contributed by atoms with E-state index in [1.807, 2.05) is 11.0 Å². The molecule has 0 spiro atoms. The number of rotatable bonds is 1. The SMILES string of the molecule is CC1CCN(C(=O)c2ncccc2C#CCN)CC1. The lowest BCUT2D eigenvalue weighted by Crippen LogP contribution is -2.38. The topological polar surface area (TPSA) is 59.2 Å². The maximum absolute atomic E-state index is 12.5. The van der Waals surface area contributed by atoms with Crippen LogP contribution < -0.4 is 5.73 Å². The molecule has 1 aromatic heterocycles. The van der Waals surface area contributed by atoms with Crippen molar-refractivity contribution in [3.63, 3.8) is 0 Å². The second-order valence-corrected chi connectivity index (χ2v) is 4.88. The molecule has 1 aliphatic rings. The summed E-state index contributed by atoms with van der Waals surface area (Å²) >= 11 is 0. The van der Waals surface area contributed by atoms with Crippen LogP contribution in [-0.2, 0) is 0 Å². The molecule has 100 valence electrons. The summed E-state index contributed by atoms with van der Waals surface area (Å²) < 4.78 is 0. The predicted octanol–water partition coefficient (Wildman–Crippen LogP) is 1.26. The first kappa shape index (κ1) is 13.6. The summed E-state index contributed by atoms with van der Waals surface area (Å²) in [6, 6.07) is 3.60. The number of hydrogen-bond donors (Lipinski definition) is 1. The molecule has 1 aliphatic heterocycles. The van der Waals surface area contributed by atoms with E-state index in [9.17, 15) is 4.79 Å². The van der Waals surface area contributed by atoms with Crippen LogP contribution in [0.25, 0.3) is 0 Å². The minimum Gasteiger partial charge on any atom is -0.337 e. The molecule has 0 aromatic carbocycles. The monoisotopic (exact) mass is 257 g/mol. The van der Waals surface area contributed by atoms with Crippen molar-refractivity contribution in [2.45, 2.75) is 19.8 Å². The number of pyridine rings is 1. The molecular formula is C15H19N3O. The van der Waals surface area contributed by atoms with E-state index in [4.69, 9.17) is 5.73 Å². The number of carbonyl (C=O) groups is 1. The Kier molecular flexibility index (Phi) is 4.53. The summed E-state index contributed by atoms with van der Waals surface area (Å²) in [5, 5.41) is 0. The molecule has 0 aliphatic carbocycles. The van der Waals surface area contributed by atoms with Crippen LogP contribution in [0.1, 0.15) is 35.8 Å². The minimum absolute atomic E-state index is 0.0196. The van der Waals surface area contributed by atoms with Gasteiger partial charge in [-0.05, 0) is 30.9 Å². The third kappa shape index (κ3) is 3.33. The zero-order chi connectivity index (χ0) is 13.7. The van der Waals surface area contributed by atoms with E-state index in [0.29, 0.717) is 17.2 Å². The molecule has 0 bridgehead atoms. The Morgan fingerprint density at radius 3 is 2.95 bits per heavy atom. The van der Waals surface area contributed by atoms with Crippen LogP contribution >= 0.6 is 0 Å². The van der Waals surface area contributed by atoms with Gasteiger partial charge in [0.15, 0.2) is 0 Å². The fourth-order valence-electron chi connectivity index (χ4n) is 2.18. The van der Waals surface area contributed by atoms with Crippen molar-refractivity contribution < 1.29 is 4.79 Å². The maximum atomic E-state index is 12.5. The van der Waals surface area contributed by atoms with Gasteiger partial charge in [-0.25, -0.2) is 4.98 Å². The second-order valence-electron chi connectivity index (χ2n) is 4.88. The van der Waals surface area contributed by atoms with Gasteiger partial charge in [0.1, 0.15) is 5.69 Å². The van der Waals surface area contributed by atoms with E-state index in [-0.39, 0.29) is 12.5 Å². The molecule has 1 fully saturated rings. The molecule has 19 heavy (non-hydrogen) atoms. The van der Waals surface area contributed by atoms with Gasteiger partial charge in [-0.15, -0.1) is 0 Å². The van der Waals surface area contributed by atoms with Crippen molar-refractivity contribution in [3.8, 4) is 11.8 Å². The third-order valence-corrected chi connectivity index (χ3v) is 3.41. The molecular weight excluding hydrogens is 238 g/mol. The summed E-state index contributed by atoms with van der Waals surface area (Å²) in [5.74, 6) is 6.37. The van der Waals surface area contributed by atoms with Crippen molar-refractivity contribution in [2.75, 3.05) is 19.6 Å². The van der Waals surface area contributed by atoms with E-state index in [1.54, 1.807) is 12.3 Å².